The normalized spacial score (nSPS) is 10.8. The second kappa shape index (κ2) is 10.4. The van der Waals surface area contributed by atoms with Gasteiger partial charge in [0.2, 0.25) is 5.91 Å². The first-order valence-corrected chi connectivity index (χ1v) is 9.53. The number of hydrogen-bond donors (Lipinski definition) is 1. The molecule has 0 atom stereocenters. The van der Waals surface area contributed by atoms with Gasteiger partial charge in [-0.1, -0.05) is 45.0 Å². The lowest BCUT2D eigenvalue weighted by molar-refractivity contribution is -0.111. The number of aryl methyl sites for hydroxylation is 2. The zero-order chi connectivity index (χ0) is 19.6. The zero-order valence-electron chi connectivity index (χ0n) is 16.7. The molecule has 0 heterocycles. The Balaban J connectivity index is 2.13. The van der Waals surface area contributed by atoms with Gasteiger partial charge in [-0.05, 0) is 54.2 Å². The minimum atomic E-state index is -0.143. The Morgan fingerprint density at radius 1 is 1.04 bits per heavy atom. The molecule has 0 bridgehead atoms. The smallest absolute Gasteiger partial charge is 0.248 e. The lowest BCUT2D eigenvalue weighted by Crippen LogP contribution is -2.11. The molecule has 0 aromatic heterocycles. The molecular formula is C23H29NO3. The Labute approximate surface area is 162 Å². The standard InChI is InChI=1S/C23H29NO3/c1-5-15-27-20-13-11-17(16-21(20)26-4)12-14-22(25)24-23-18(6-2)9-8-10-19(23)7-3/h8-14,16H,5-7,15H2,1-4H3,(H,24,25). The molecule has 4 nitrogen and oxygen atoms in total. The van der Waals surface area contributed by atoms with Gasteiger partial charge >= 0.3 is 0 Å². The van der Waals surface area contributed by atoms with Crippen LogP contribution in [0, 0.1) is 0 Å². The Morgan fingerprint density at radius 2 is 1.74 bits per heavy atom. The highest BCUT2D eigenvalue weighted by molar-refractivity contribution is 6.02. The van der Waals surface area contributed by atoms with Gasteiger partial charge < -0.3 is 14.8 Å². The maximum atomic E-state index is 12.4. The maximum absolute atomic E-state index is 12.4. The van der Waals surface area contributed by atoms with E-state index in [1.54, 1.807) is 19.3 Å². The van der Waals surface area contributed by atoms with Gasteiger partial charge in [0.15, 0.2) is 11.5 Å². The molecule has 0 fully saturated rings. The van der Waals surface area contributed by atoms with Crippen LogP contribution in [-0.2, 0) is 17.6 Å². The fraction of sp³-hybridized carbons (Fsp3) is 0.348. The average Bonchev–Trinajstić information content (AvgIpc) is 2.71. The van der Waals surface area contributed by atoms with Crippen molar-refractivity contribution in [3.05, 3.63) is 59.2 Å². The number of hydrogen-bond acceptors (Lipinski definition) is 3. The monoisotopic (exact) mass is 367 g/mol. The van der Waals surface area contributed by atoms with Crippen molar-refractivity contribution in [1.82, 2.24) is 0 Å². The number of para-hydroxylation sites is 1. The van der Waals surface area contributed by atoms with Crippen LogP contribution in [0.2, 0.25) is 0 Å². The van der Waals surface area contributed by atoms with E-state index in [9.17, 15) is 4.79 Å². The highest BCUT2D eigenvalue weighted by Gasteiger charge is 2.09. The minimum absolute atomic E-state index is 0.143. The largest absolute Gasteiger partial charge is 0.493 e. The third-order valence-electron chi connectivity index (χ3n) is 4.32. The molecule has 0 aliphatic rings. The number of amides is 1. The van der Waals surface area contributed by atoms with E-state index < -0.39 is 0 Å². The van der Waals surface area contributed by atoms with Gasteiger partial charge in [0, 0.05) is 11.8 Å². The SMILES string of the molecule is CCCOc1ccc(C=CC(=O)Nc2c(CC)cccc2CC)cc1OC. The van der Waals surface area contributed by atoms with E-state index in [1.807, 2.05) is 24.3 Å². The quantitative estimate of drug-likeness (QED) is 0.615. The molecule has 0 saturated heterocycles. The number of ether oxygens (including phenoxy) is 2. The number of anilines is 1. The number of carbonyl (C=O) groups is 1. The van der Waals surface area contributed by atoms with Gasteiger partial charge in [0.05, 0.1) is 13.7 Å². The van der Waals surface area contributed by atoms with E-state index in [1.165, 1.54) is 0 Å². The number of methoxy groups -OCH3 is 1. The van der Waals surface area contributed by atoms with Crippen LogP contribution in [-0.4, -0.2) is 19.6 Å². The summed E-state index contributed by atoms with van der Waals surface area (Å²) in [6.45, 7) is 6.89. The molecule has 2 aromatic rings. The minimum Gasteiger partial charge on any atom is -0.493 e. The summed E-state index contributed by atoms with van der Waals surface area (Å²) in [4.78, 5) is 12.4. The molecule has 4 heteroatoms. The molecule has 0 spiro atoms. The molecule has 2 rings (SSSR count). The summed E-state index contributed by atoms with van der Waals surface area (Å²) in [5.74, 6) is 1.23. The van der Waals surface area contributed by atoms with Crippen molar-refractivity contribution in [3.63, 3.8) is 0 Å². The van der Waals surface area contributed by atoms with Crippen molar-refractivity contribution >= 4 is 17.7 Å². The van der Waals surface area contributed by atoms with Crippen LogP contribution in [0.4, 0.5) is 5.69 Å². The first kappa shape index (κ1) is 20.6. The van der Waals surface area contributed by atoms with Crippen molar-refractivity contribution in [3.8, 4) is 11.5 Å². The zero-order valence-corrected chi connectivity index (χ0v) is 16.7. The number of benzene rings is 2. The maximum Gasteiger partial charge on any atom is 0.248 e. The molecular weight excluding hydrogens is 338 g/mol. The van der Waals surface area contributed by atoms with E-state index in [2.05, 4.69) is 38.2 Å². The first-order chi connectivity index (χ1) is 13.1. The van der Waals surface area contributed by atoms with Crippen molar-refractivity contribution in [1.29, 1.82) is 0 Å². The molecule has 1 amide bonds. The predicted octanol–water partition coefficient (Wildman–Crippen LogP) is 5.26. The van der Waals surface area contributed by atoms with Gasteiger partial charge in [0.1, 0.15) is 0 Å². The van der Waals surface area contributed by atoms with Gasteiger partial charge in [-0.15, -0.1) is 0 Å². The Morgan fingerprint density at radius 3 is 2.33 bits per heavy atom. The van der Waals surface area contributed by atoms with Crippen LogP contribution in [0.25, 0.3) is 6.08 Å². The summed E-state index contributed by atoms with van der Waals surface area (Å²) >= 11 is 0. The van der Waals surface area contributed by atoms with Crippen LogP contribution >= 0.6 is 0 Å². The van der Waals surface area contributed by atoms with Crippen LogP contribution < -0.4 is 14.8 Å². The van der Waals surface area contributed by atoms with Gasteiger partial charge in [-0.2, -0.15) is 0 Å². The van der Waals surface area contributed by atoms with Crippen molar-refractivity contribution in [2.24, 2.45) is 0 Å². The second-order valence-electron chi connectivity index (χ2n) is 6.24. The highest BCUT2D eigenvalue weighted by Crippen LogP contribution is 2.29. The van der Waals surface area contributed by atoms with Gasteiger partial charge in [0.25, 0.3) is 0 Å². The summed E-state index contributed by atoms with van der Waals surface area (Å²) in [5, 5.41) is 3.04. The van der Waals surface area contributed by atoms with E-state index >= 15 is 0 Å². The van der Waals surface area contributed by atoms with Crippen LogP contribution in [0.5, 0.6) is 11.5 Å². The number of rotatable bonds is 9. The van der Waals surface area contributed by atoms with Crippen molar-refractivity contribution < 1.29 is 14.3 Å². The third kappa shape index (κ3) is 5.61. The Kier molecular flexibility index (Phi) is 7.93. The van der Waals surface area contributed by atoms with E-state index in [0.717, 1.165) is 41.6 Å². The molecule has 1 N–H and O–H groups in total. The first-order valence-electron chi connectivity index (χ1n) is 9.53. The van der Waals surface area contributed by atoms with Crippen LogP contribution in [0.1, 0.15) is 43.9 Å². The summed E-state index contributed by atoms with van der Waals surface area (Å²) in [7, 11) is 1.61. The molecule has 0 saturated carbocycles. The van der Waals surface area contributed by atoms with Crippen LogP contribution in [0.15, 0.2) is 42.5 Å². The molecule has 0 unspecified atom stereocenters. The average molecular weight is 367 g/mol. The Bertz CT molecular complexity index is 774. The topological polar surface area (TPSA) is 47.6 Å². The number of carbonyl (C=O) groups excluding carboxylic acids is 1. The van der Waals surface area contributed by atoms with E-state index in [-0.39, 0.29) is 5.91 Å². The summed E-state index contributed by atoms with van der Waals surface area (Å²) in [6.07, 6.45) is 6.02. The molecule has 0 aliphatic carbocycles. The van der Waals surface area contributed by atoms with E-state index in [4.69, 9.17) is 9.47 Å². The van der Waals surface area contributed by atoms with Crippen molar-refractivity contribution in [2.45, 2.75) is 40.0 Å². The third-order valence-corrected chi connectivity index (χ3v) is 4.32. The summed E-state index contributed by atoms with van der Waals surface area (Å²) in [5.41, 5.74) is 4.11. The molecule has 0 aliphatic heterocycles. The second-order valence-corrected chi connectivity index (χ2v) is 6.24. The predicted molar refractivity (Wildman–Crippen MR) is 112 cm³/mol. The van der Waals surface area contributed by atoms with Gasteiger partial charge in [-0.3, -0.25) is 4.79 Å². The number of nitrogens with one attached hydrogen (secondary N) is 1. The summed E-state index contributed by atoms with van der Waals surface area (Å²) < 4.78 is 11.0. The van der Waals surface area contributed by atoms with Crippen LogP contribution in [0.3, 0.4) is 0 Å². The van der Waals surface area contributed by atoms with E-state index in [0.29, 0.717) is 18.1 Å². The fourth-order valence-corrected chi connectivity index (χ4v) is 2.86. The lowest BCUT2D eigenvalue weighted by Gasteiger charge is -2.13. The molecule has 2 aromatic carbocycles. The molecule has 27 heavy (non-hydrogen) atoms. The summed E-state index contributed by atoms with van der Waals surface area (Å²) in [6, 6.07) is 11.8. The Hall–Kier alpha value is -2.75. The highest BCUT2D eigenvalue weighted by atomic mass is 16.5. The molecule has 0 radical (unpaired) electrons. The fourth-order valence-electron chi connectivity index (χ4n) is 2.86. The van der Waals surface area contributed by atoms with Gasteiger partial charge in [-0.25, -0.2) is 0 Å². The lowest BCUT2D eigenvalue weighted by atomic mass is 10.0. The molecule has 144 valence electrons. The van der Waals surface area contributed by atoms with Crippen molar-refractivity contribution in [2.75, 3.05) is 19.0 Å².